The molecule has 1 aromatic carbocycles. The van der Waals surface area contributed by atoms with Crippen molar-refractivity contribution in [2.24, 2.45) is 17.8 Å². The van der Waals surface area contributed by atoms with Crippen LogP contribution in [0.25, 0.3) is 0 Å². The largest absolute Gasteiger partial charge is 0.744 e. The molecule has 0 aromatic heterocycles. The predicted molar refractivity (Wildman–Crippen MR) is 89.8 cm³/mol. The van der Waals surface area contributed by atoms with Gasteiger partial charge in [0.05, 0.1) is 4.90 Å². The Morgan fingerprint density at radius 1 is 0.864 bits per heavy atom. The first-order valence-corrected chi connectivity index (χ1v) is 9.56. The van der Waals surface area contributed by atoms with Crippen LogP contribution in [0, 0.1) is 17.8 Å². The SMILES string of the molecule is CC(C)CC(C)CC(C)CC(C)c1ccc(S(=O)(=O)[O-])cc1. The van der Waals surface area contributed by atoms with Crippen molar-refractivity contribution in [3.05, 3.63) is 29.8 Å². The summed E-state index contributed by atoms with van der Waals surface area (Å²) >= 11 is 0. The Balaban J connectivity index is 2.59. The molecule has 3 nitrogen and oxygen atoms in total. The predicted octanol–water partition coefficient (Wildman–Crippen LogP) is 4.79. The van der Waals surface area contributed by atoms with E-state index >= 15 is 0 Å². The first kappa shape index (κ1) is 19.2. The van der Waals surface area contributed by atoms with Crippen LogP contribution in [0.4, 0.5) is 0 Å². The molecule has 0 aliphatic heterocycles. The molecule has 0 saturated heterocycles. The third-order valence-corrected chi connectivity index (χ3v) is 5.02. The van der Waals surface area contributed by atoms with Gasteiger partial charge < -0.3 is 4.55 Å². The van der Waals surface area contributed by atoms with E-state index in [-0.39, 0.29) is 4.90 Å². The maximum absolute atomic E-state index is 10.9. The molecule has 3 unspecified atom stereocenters. The van der Waals surface area contributed by atoms with Crippen molar-refractivity contribution in [3.8, 4) is 0 Å². The Morgan fingerprint density at radius 3 is 1.82 bits per heavy atom. The molecule has 0 saturated carbocycles. The number of hydrogen-bond acceptors (Lipinski definition) is 3. The van der Waals surface area contributed by atoms with Gasteiger partial charge in [-0.25, -0.2) is 8.42 Å². The zero-order valence-electron chi connectivity index (χ0n) is 14.4. The first-order valence-electron chi connectivity index (χ1n) is 8.15. The molecule has 0 bridgehead atoms. The molecule has 0 fully saturated rings. The van der Waals surface area contributed by atoms with E-state index in [4.69, 9.17) is 0 Å². The maximum atomic E-state index is 10.9. The van der Waals surface area contributed by atoms with E-state index in [1.807, 2.05) is 0 Å². The molecule has 1 rings (SSSR count). The number of hydrogen-bond donors (Lipinski definition) is 0. The average Bonchev–Trinajstić information content (AvgIpc) is 2.36. The van der Waals surface area contributed by atoms with Crippen molar-refractivity contribution in [2.75, 3.05) is 0 Å². The normalized spacial score (nSPS) is 16.5. The smallest absolute Gasteiger partial charge is 0.124 e. The van der Waals surface area contributed by atoms with Crippen LogP contribution in [-0.4, -0.2) is 13.0 Å². The lowest BCUT2D eigenvalue weighted by atomic mass is 9.84. The van der Waals surface area contributed by atoms with Gasteiger partial charge in [0.2, 0.25) is 0 Å². The van der Waals surface area contributed by atoms with Gasteiger partial charge in [0.15, 0.2) is 0 Å². The molecule has 0 radical (unpaired) electrons. The van der Waals surface area contributed by atoms with Crippen molar-refractivity contribution in [2.45, 2.75) is 64.7 Å². The van der Waals surface area contributed by atoms with Crippen molar-refractivity contribution >= 4 is 10.1 Å². The molecule has 3 atom stereocenters. The zero-order chi connectivity index (χ0) is 16.9. The molecule has 22 heavy (non-hydrogen) atoms. The third kappa shape index (κ3) is 6.49. The molecule has 0 aliphatic rings. The van der Waals surface area contributed by atoms with Gasteiger partial charge in [-0.1, -0.05) is 46.8 Å². The second-order valence-electron chi connectivity index (χ2n) is 7.24. The van der Waals surface area contributed by atoms with E-state index in [1.54, 1.807) is 12.1 Å². The van der Waals surface area contributed by atoms with Crippen LogP contribution in [0.1, 0.15) is 65.4 Å². The molecular formula is C18H29O3S-. The molecule has 0 heterocycles. The van der Waals surface area contributed by atoms with Crippen LogP contribution >= 0.6 is 0 Å². The fraction of sp³-hybridized carbons (Fsp3) is 0.667. The summed E-state index contributed by atoms with van der Waals surface area (Å²) in [6, 6.07) is 6.36. The topological polar surface area (TPSA) is 57.2 Å². The molecule has 0 amide bonds. The minimum atomic E-state index is -4.35. The highest BCUT2D eigenvalue weighted by Crippen LogP contribution is 2.29. The van der Waals surface area contributed by atoms with Crippen LogP contribution in [0.2, 0.25) is 0 Å². The highest BCUT2D eigenvalue weighted by Gasteiger charge is 2.15. The van der Waals surface area contributed by atoms with E-state index in [2.05, 4.69) is 34.6 Å². The van der Waals surface area contributed by atoms with Gasteiger partial charge >= 0.3 is 0 Å². The highest BCUT2D eigenvalue weighted by molar-refractivity contribution is 7.85. The fourth-order valence-electron chi connectivity index (χ4n) is 3.39. The number of rotatable bonds is 8. The summed E-state index contributed by atoms with van der Waals surface area (Å²) in [6.45, 7) is 11.3. The minimum Gasteiger partial charge on any atom is -0.744 e. The van der Waals surface area contributed by atoms with E-state index in [0.717, 1.165) is 23.8 Å². The minimum absolute atomic E-state index is 0.151. The highest BCUT2D eigenvalue weighted by atomic mass is 32.2. The molecule has 0 aliphatic carbocycles. The first-order chi connectivity index (χ1) is 10.1. The molecule has 0 spiro atoms. The molecule has 126 valence electrons. The Hall–Kier alpha value is -0.870. The average molecular weight is 325 g/mol. The summed E-state index contributed by atoms with van der Waals surface area (Å²) < 4.78 is 32.8. The Labute approximate surface area is 135 Å². The van der Waals surface area contributed by atoms with Crippen LogP contribution in [0.3, 0.4) is 0 Å². The molecular weight excluding hydrogens is 296 g/mol. The van der Waals surface area contributed by atoms with Crippen molar-refractivity contribution in [1.29, 1.82) is 0 Å². The van der Waals surface area contributed by atoms with Crippen LogP contribution in [-0.2, 0) is 10.1 Å². The van der Waals surface area contributed by atoms with Gasteiger partial charge in [-0.3, -0.25) is 0 Å². The molecule has 1 aromatic rings. The van der Waals surface area contributed by atoms with Crippen LogP contribution in [0.15, 0.2) is 29.2 Å². The van der Waals surface area contributed by atoms with Crippen LogP contribution in [0.5, 0.6) is 0 Å². The van der Waals surface area contributed by atoms with E-state index < -0.39 is 10.1 Å². The van der Waals surface area contributed by atoms with Crippen molar-refractivity contribution < 1.29 is 13.0 Å². The maximum Gasteiger partial charge on any atom is 0.124 e. The molecule has 0 N–H and O–H groups in total. The summed E-state index contributed by atoms with van der Waals surface area (Å²) in [5.74, 6) is 2.47. The van der Waals surface area contributed by atoms with Crippen molar-refractivity contribution in [1.82, 2.24) is 0 Å². The standard InChI is InChI=1S/C18H30O3S/c1-13(2)10-14(3)11-15(4)12-16(5)17-6-8-18(9-7-17)22(19,20)21/h6-9,13-16H,10-12H2,1-5H3,(H,19,20,21)/p-1. The fourth-order valence-corrected chi connectivity index (χ4v) is 3.86. The lowest BCUT2D eigenvalue weighted by molar-refractivity contribution is 0.333. The van der Waals surface area contributed by atoms with Gasteiger partial charge in [0.1, 0.15) is 10.1 Å². The number of benzene rings is 1. The monoisotopic (exact) mass is 325 g/mol. The van der Waals surface area contributed by atoms with E-state index in [1.165, 1.54) is 25.0 Å². The lowest BCUT2D eigenvalue weighted by Crippen LogP contribution is -2.09. The molecule has 4 heteroatoms. The Morgan fingerprint density at radius 2 is 1.36 bits per heavy atom. The summed E-state index contributed by atoms with van der Waals surface area (Å²) in [6.07, 6.45) is 3.55. The third-order valence-electron chi connectivity index (χ3n) is 4.17. The Bertz CT molecular complexity index is 546. The summed E-state index contributed by atoms with van der Waals surface area (Å²) in [5, 5.41) is 0. The van der Waals surface area contributed by atoms with E-state index in [0.29, 0.717) is 11.8 Å². The lowest BCUT2D eigenvalue weighted by Gasteiger charge is -2.22. The Kier molecular flexibility index (Phi) is 7.07. The second kappa shape index (κ2) is 8.11. The van der Waals surface area contributed by atoms with Gasteiger partial charge in [0.25, 0.3) is 0 Å². The zero-order valence-corrected chi connectivity index (χ0v) is 15.2. The summed E-state index contributed by atoms with van der Waals surface area (Å²) in [5.41, 5.74) is 1.09. The summed E-state index contributed by atoms with van der Waals surface area (Å²) in [7, 11) is -4.35. The van der Waals surface area contributed by atoms with Crippen LogP contribution < -0.4 is 0 Å². The quantitative estimate of drug-likeness (QED) is 0.645. The van der Waals surface area contributed by atoms with Gasteiger partial charge in [-0.15, -0.1) is 0 Å². The van der Waals surface area contributed by atoms with E-state index in [9.17, 15) is 13.0 Å². The van der Waals surface area contributed by atoms with Gasteiger partial charge in [0, 0.05) is 0 Å². The van der Waals surface area contributed by atoms with Crippen molar-refractivity contribution in [3.63, 3.8) is 0 Å². The summed E-state index contributed by atoms with van der Waals surface area (Å²) in [4.78, 5) is -0.151. The van der Waals surface area contributed by atoms with Gasteiger partial charge in [-0.2, -0.15) is 0 Å². The second-order valence-corrected chi connectivity index (χ2v) is 8.62. The van der Waals surface area contributed by atoms with Gasteiger partial charge in [-0.05, 0) is 60.6 Å².